The van der Waals surface area contributed by atoms with Crippen molar-refractivity contribution in [3.63, 3.8) is 0 Å². The largest absolute Gasteiger partial charge is 0.399 e. The Bertz CT molecular complexity index is 1430. The van der Waals surface area contributed by atoms with E-state index < -0.39 is 42.3 Å². The first-order chi connectivity index (χ1) is 25.9. The van der Waals surface area contributed by atoms with Crippen molar-refractivity contribution in [1.82, 2.24) is 25.3 Å². The summed E-state index contributed by atoms with van der Waals surface area (Å²) in [5.41, 5.74) is 16.4. The number of benzene rings is 1. The number of hydrogen-bond donors (Lipinski definition) is 3. The fraction of sp³-hybridized carbons (Fsp3) is 0.750. The minimum absolute atomic E-state index is 0.0151. The van der Waals surface area contributed by atoms with Crippen LogP contribution in [0.15, 0.2) is 29.4 Å². The minimum Gasteiger partial charge on any atom is -0.399 e. The fourth-order valence-corrected chi connectivity index (χ4v) is 7.98. The molecule has 0 unspecified atom stereocenters. The van der Waals surface area contributed by atoms with Crippen LogP contribution in [0.25, 0.3) is 10.4 Å². The number of amides is 4. The van der Waals surface area contributed by atoms with Gasteiger partial charge in [0, 0.05) is 51.0 Å². The number of nitrogens with one attached hydrogen (secondary N) is 2. The predicted molar refractivity (Wildman–Crippen MR) is 216 cm³/mol. The van der Waals surface area contributed by atoms with Gasteiger partial charge in [0.15, 0.2) is 0 Å². The van der Waals surface area contributed by atoms with Crippen molar-refractivity contribution >= 4 is 29.3 Å². The third kappa shape index (κ3) is 13.1. The number of hydrogen-bond acceptors (Lipinski definition) is 9. The molecule has 1 heterocycles. The molecular weight excluding hydrogens is 702 g/mol. The van der Waals surface area contributed by atoms with Crippen LogP contribution >= 0.6 is 0 Å². The Morgan fingerprint density at radius 3 is 2.13 bits per heavy atom. The van der Waals surface area contributed by atoms with Gasteiger partial charge in [-0.25, -0.2) is 0 Å². The standard InChI is InChI=1S/C40H69N9O6/c1-13-26(6)36(48(10)40(53)34(24(2)3)45-39(52)35(25(4)5)47(8)9)32(54-11)22-33(50)49-20-14-15-31(49)37(55-12)27(7)38(51)44-30(23-43-46-42)21-28-16-18-29(41)19-17-28/h16-19,24-27,30-32,34-37H,13-15,20-23,41H2,1-12H3,(H,44,51)(H,45,52)/t26-,27+,30-,31-,32+,34-,35-,36-,37+/m0/s1. The second-order valence-corrected chi connectivity index (χ2v) is 16.0. The van der Waals surface area contributed by atoms with Crippen LogP contribution in [0.1, 0.15) is 79.7 Å². The summed E-state index contributed by atoms with van der Waals surface area (Å²) in [7, 11) is 8.53. The molecule has 0 spiro atoms. The molecule has 55 heavy (non-hydrogen) atoms. The van der Waals surface area contributed by atoms with E-state index in [9.17, 15) is 19.2 Å². The van der Waals surface area contributed by atoms with E-state index in [1.54, 1.807) is 50.1 Å². The Balaban J connectivity index is 2.28. The first kappa shape index (κ1) is 47.2. The van der Waals surface area contributed by atoms with Gasteiger partial charge in [-0.15, -0.1) is 0 Å². The summed E-state index contributed by atoms with van der Waals surface area (Å²) in [4.78, 5) is 63.8. The molecule has 0 bridgehead atoms. The number of azide groups is 1. The molecule has 1 aliphatic heterocycles. The molecule has 15 nitrogen and oxygen atoms in total. The van der Waals surface area contributed by atoms with Crippen molar-refractivity contribution in [2.24, 2.45) is 28.8 Å². The molecule has 0 aliphatic carbocycles. The molecule has 15 heteroatoms. The summed E-state index contributed by atoms with van der Waals surface area (Å²) >= 11 is 0. The number of nitrogen functional groups attached to an aromatic ring is 1. The van der Waals surface area contributed by atoms with Gasteiger partial charge in [0.2, 0.25) is 23.6 Å². The molecular formula is C40H69N9O6. The van der Waals surface area contributed by atoms with Gasteiger partial charge in [-0.3, -0.25) is 24.1 Å². The van der Waals surface area contributed by atoms with Gasteiger partial charge >= 0.3 is 0 Å². The Morgan fingerprint density at radius 2 is 1.62 bits per heavy atom. The lowest BCUT2D eigenvalue weighted by Crippen LogP contribution is -2.59. The molecule has 1 fully saturated rings. The van der Waals surface area contributed by atoms with Crippen LogP contribution in [0, 0.1) is 23.7 Å². The molecule has 1 aromatic rings. The maximum atomic E-state index is 14.2. The maximum Gasteiger partial charge on any atom is 0.245 e. The van der Waals surface area contributed by atoms with Gasteiger partial charge in [-0.05, 0) is 74.3 Å². The lowest BCUT2D eigenvalue weighted by molar-refractivity contribution is -0.148. The third-order valence-corrected chi connectivity index (χ3v) is 11.1. The number of nitrogens with zero attached hydrogens (tertiary/aromatic N) is 6. The summed E-state index contributed by atoms with van der Waals surface area (Å²) in [6.07, 6.45) is 1.34. The van der Waals surface area contributed by atoms with Gasteiger partial charge < -0.3 is 35.6 Å². The van der Waals surface area contributed by atoms with E-state index in [0.29, 0.717) is 25.1 Å². The van der Waals surface area contributed by atoms with E-state index in [2.05, 4.69) is 20.7 Å². The van der Waals surface area contributed by atoms with Crippen molar-refractivity contribution < 1.29 is 28.7 Å². The molecule has 310 valence electrons. The monoisotopic (exact) mass is 772 g/mol. The van der Waals surface area contributed by atoms with E-state index in [-0.39, 0.29) is 60.4 Å². The fourth-order valence-electron chi connectivity index (χ4n) is 7.98. The van der Waals surface area contributed by atoms with Gasteiger partial charge in [-0.1, -0.05) is 72.1 Å². The second-order valence-electron chi connectivity index (χ2n) is 16.0. The maximum absolute atomic E-state index is 14.2. The number of carbonyl (C=O) groups is 4. The van der Waals surface area contributed by atoms with Crippen molar-refractivity contribution in [3.8, 4) is 0 Å². The first-order valence-electron chi connectivity index (χ1n) is 19.7. The van der Waals surface area contributed by atoms with Gasteiger partial charge in [0.1, 0.15) is 6.04 Å². The second kappa shape index (κ2) is 22.6. The van der Waals surface area contributed by atoms with Crippen molar-refractivity contribution in [1.29, 1.82) is 0 Å². The van der Waals surface area contributed by atoms with Crippen LogP contribution in [0.2, 0.25) is 0 Å². The normalized spacial score (nSPS) is 18.8. The molecule has 1 saturated heterocycles. The Hall–Kier alpha value is -3.91. The van der Waals surface area contributed by atoms with E-state index in [4.69, 9.17) is 20.7 Å². The highest BCUT2D eigenvalue weighted by molar-refractivity contribution is 5.90. The average Bonchev–Trinajstić information content (AvgIpc) is 3.62. The van der Waals surface area contributed by atoms with Gasteiger partial charge in [0.25, 0.3) is 0 Å². The quantitative estimate of drug-likeness (QED) is 0.0674. The summed E-state index contributed by atoms with van der Waals surface area (Å²) in [6.45, 7) is 14.2. The van der Waals surface area contributed by atoms with E-state index in [1.165, 1.54) is 0 Å². The zero-order valence-electron chi connectivity index (χ0n) is 35.3. The van der Waals surface area contributed by atoms with Crippen molar-refractivity contribution in [2.75, 3.05) is 54.2 Å². The number of likely N-dealkylation sites (N-methyl/N-ethyl adjacent to an activating group) is 2. The van der Waals surface area contributed by atoms with Crippen LogP contribution < -0.4 is 16.4 Å². The zero-order chi connectivity index (χ0) is 41.6. The van der Waals surface area contributed by atoms with Gasteiger partial charge in [-0.2, -0.15) is 0 Å². The van der Waals surface area contributed by atoms with E-state index in [0.717, 1.165) is 18.4 Å². The highest BCUT2D eigenvalue weighted by Gasteiger charge is 2.43. The van der Waals surface area contributed by atoms with Crippen LogP contribution in [0.5, 0.6) is 0 Å². The average molecular weight is 772 g/mol. The topological polar surface area (TPSA) is 195 Å². The van der Waals surface area contributed by atoms with Crippen molar-refractivity contribution in [3.05, 3.63) is 40.3 Å². The lowest BCUT2D eigenvalue weighted by atomic mass is 9.89. The molecule has 0 aromatic heterocycles. The molecule has 1 aliphatic rings. The van der Waals surface area contributed by atoms with Crippen molar-refractivity contribution in [2.45, 2.75) is 123 Å². The molecule has 4 amide bonds. The Kier molecular flexibility index (Phi) is 19.4. The molecule has 2 rings (SSSR count). The molecule has 0 saturated carbocycles. The zero-order valence-corrected chi connectivity index (χ0v) is 35.3. The van der Waals surface area contributed by atoms with Crippen LogP contribution in [0.4, 0.5) is 5.69 Å². The molecule has 9 atom stereocenters. The molecule has 1 aromatic carbocycles. The van der Waals surface area contributed by atoms with E-state index in [1.807, 2.05) is 72.7 Å². The highest BCUT2D eigenvalue weighted by Crippen LogP contribution is 2.30. The number of rotatable bonds is 22. The number of carbonyl (C=O) groups excluding carboxylic acids is 4. The number of likely N-dealkylation sites (tertiary alicyclic amines) is 1. The number of ether oxygens (including phenoxy) is 2. The number of anilines is 1. The SMILES string of the molecule is CC[C@H](C)[C@@H]([C@@H](CC(=O)N1CCC[C@H]1[C@H](OC)[C@@H](C)C(=O)N[C@H](CN=[N+]=[N-])Cc1ccc(N)cc1)OC)N(C)C(=O)[C@@H](NC(=O)[C@H](C(C)C)N(C)C)C(C)C. The summed E-state index contributed by atoms with van der Waals surface area (Å²) in [6, 6.07) is 4.85. The summed E-state index contributed by atoms with van der Waals surface area (Å²) in [5, 5.41) is 9.79. The number of methoxy groups -OCH3 is 2. The molecule has 4 N–H and O–H groups in total. The lowest BCUT2D eigenvalue weighted by Gasteiger charge is -2.41. The predicted octanol–water partition coefficient (Wildman–Crippen LogP) is 4.25. The van der Waals surface area contributed by atoms with Crippen LogP contribution in [0.3, 0.4) is 0 Å². The highest BCUT2D eigenvalue weighted by atomic mass is 16.5. The number of nitrogens with two attached hydrogens (primary N) is 1. The minimum atomic E-state index is -0.769. The van der Waals surface area contributed by atoms with E-state index >= 15 is 0 Å². The summed E-state index contributed by atoms with van der Waals surface area (Å²) < 4.78 is 12.0. The first-order valence-corrected chi connectivity index (χ1v) is 19.7. The van der Waals surface area contributed by atoms with Crippen LogP contribution in [-0.4, -0.2) is 129 Å². The third-order valence-electron chi connectivity index (χ3n) is 11.1. The Labute approximate surface area is 329 Å². The molecule has 0 radical (unpaired) electrons. The summed E-state index contributed by atoms with van der Waals surface area (Å²) in [5.74, 6) is -1.68. The van der Waals surface area contributed by atoms with Crippen LogP contribution in [-0.2, 0) is 35.1 Å². The van der Waals surface area contributed by atoms with Gasteiger partial charge in [0.05, 0.1) is 42.7 Å². The Morgan fingerprint density at radius 1 is 0.982 bits per heavy atom. The smallest absolute Gasteiger partial charge is 0.245 e.